The standard InChI is InChI=1S/C30H41NO6/c1-6-9-10-11-12-15-20-37-25(32)19-18-23-16-13-14-17-24(23)28-26(29(33)35-7-2)21(4)31-22(5)27(28)30(34)36-8-3/h13-14,16-19,28,31H,6-12,15,20H2,1-5H3. The molecule has 0 aromatic heterocycles. The van der Waals surface area contributed by atoms with E-state index in [0.29, 0.717) is 40.3 Å². The minimum absolute atomic E-state index is 0.200. The van der Waals surface area contributed by atoms with Crippen LogP contribution in [0.4, 0.5) is 0 Å². The van der Waals surface area contributed by atoms with Crippen LogP contribution in [0.25, 0.3) is 6.08 Å². The molecule has 0 bridgehead atoms. The Morgan fingerprint density at radius 3 is 1.97 bits per heavy atom. The van der Waals surface area contributed by atoms with E-state index in [2.05, 4.69) is 12.2 Å². The van der Waals surface area contributed by atoms with Crippen molar-refractivity contribution in [3.05, 3.63) is 64.0 Å². The lowest BCUT2D eigenvalue weighted by atomic mass is 9.78. The lowest BCUT2D eigenvalue weighted by molar-refractivity contribution is -0.140. The number of hydrogen-bond donors (Lipinski definition) is 1. The fourth-order valence-corrected chi connectivity index (χ4v) is 4.45. The molecule has 1 aliphatic heterocycles. The van der Waals surface area contributed by atoms with Crippen LogP contribution in [-0.4, -0.2) is 37.7 Å². The summed E-state index contributed by atoms with van der Waals surface area (Å²) in [6.07, 6.45) is 9.73. The molecule has 0 saturated carbocycles. The number of ether oxygens (including phenoxy) is 3. The van der Waals surface area contributed by atoms with Crippen molar-refractivity contribution >= 4 is 24.0 Å². The molecule has 7 nitrogen and oxygen atoms in total. The van der Waals surface area contributed by atoms with Crippen molar-refractivity contribution in [1.29, 1.82) is 0 Å². The van der Waals surface area contributed by atoms with E-state index in [1.54, 1.807) is 33.8 Å². The molecule has 1 N–H and O–H groups in total. The molecule has 7 heteroatoms. The first-order chi connectivity index (χ1) is 17.8. The van der Waals surface area contributed by atoms with Crippen LogP contribution in [0.1, 0.15) is 90.2 Å². The zero-order valence-electron chi connectivity index (χ0n) is 22.9. The maximum atomic E-state index is 13.0. The molecule has 37 heavy (non-hydrogen) atoms. The second-order valence-electron chi connectivity index (χ2n) is 8.97. The average molecular weight is 512 g/mol. The van der Waals surface area contributed by atoms with E-state index in [1.807, 2.05) is 24.3 Å². The Morgan fingerprint density at radius 1 is 0.811 bits per heavy atom. The zero-order valence-corrected chi connectivity index (χ0v) is 22.9. The quantitative estimate of drug-likeness (QED) is 0.142. The molecule has 0 saturated heterocycles. The second-order valence-corrected chi connectivity index (χ2v) is 8.97. The molecule has 0 spiro atoms. The molecule has 1 aromatic carbocycles. The highest BCUT2D eigenvalue weighted by Crippen LogP contribution is 2.40. The summed E-state index contributed by atoms with van der Waals surface area (Å²) in [6.45, 7) is 10.00. The van der Waals surface area contributed by atoms with E-state index in [4.69, 9.17) is 14.2 Å². The van der Waals surface area contributed by atoms with Crippen LogP contribution in [0.15, 0.2) is 52.9 Å². The van der Waals surface area contributed by atoms with Crippen LogP contribution in [0, 0.1) is 0 Å². The van der Waals surface area contributed by atoms with Crippen LogP contribution in [0.2, 0.25) is 0 Å². The monoisotopic (exact) mass is 511 g/mol. The van der Waals surface area contributed by atoms with E-state index < -0.39 is 23.8 Å². The summed E-state index contributed by atoms with van der Waals surface area (Å²) < 4.78 is 16.1. The van der Waals surface area contributed by atoms with Gasteiger partial charge in [0, 0.05) is 17.5 Å². The van der Waals surface area contributed by atoms with Gasteiger partial charge in [0.1, 0.15) is 0 Å². The Hall–Kier alpha value is -3.35. The van der Waals surface area contributed by atoms with Crippen molar-refractivity contribution in [2.75, 3.05) is 19.8 Å². The number of dihydropyridines is 1. The second kappa shape index (κ2) is 15.7. The molecule has 1 heterocycles. The van der Waals surface area contributed by atoms with Gasteiger partial charge in [-0.15, -0.1) is 0 Å². The van der Waals surface area contributed by atoms with Crippen LogP contribution < -0.4 is 5.32 Å². The van der Waals surface area contributed by atoms with E-state index in [1.165, 1.54) is 25.3 Å². The minimum atomic E-state index is -0.723. The highest BCUT2D eigenvalue weighted by Gasteiger charge is 2.38. The van der Waals surface area contributed by atoms with Gasteiger partial charge >= 0.3 is 17.9 Å². The summed E-state index contributed by atoms with van der Waals surface area (Å²) in [6, 6.07) is 7.36. The van der Waals surface area contributed by atoms with Gasteiger partial charge in [0.05, 0.1) is 36.9 Å². The normalized spacial score (nSPS) is 14.1. The van der Waals surface area contributed by atoms with Gasteiger partial charge in [-0.25, -0.2) is 14.4 Å². The van der Waals surface area contributed by atoms with Crippen molar-refractivity contribution in [3.8, 4) is 0 Å². The van der Waals surface area contributed by atoms with Gasteiger partial charge in [-0.1, -0.05) is 63.3 Å². The van der Waals surface area contributed by atoms with Crippen molar-refractivity contribution in [2.45, 2.75) is 79.1 Å². The molecule has 2 rings (SSSR count). The first-order valence-electron chi connectivity index (χ1n) is 13.3. The number of benzene rings is 1. The van der Waals surface area contributed by atoms with Crippen LogP contribution in [-0.2, 0) is 28.6 Å². The maximum absolute atomic E-state index is 13.0. The average Bonchev–Trinajstić information content (AvgIpc) is 2.86. The smallest absolute Gasteiger partial charge is 0.336 e. The third kappa shape index (κ3) is 8.62. The lowest BCUT2D eigenvalue weighted by Crippen LogP contribution is -2.32. The van der Waals surface area contributed by atoms with Gasteiger partial charge < -0.3 is 19.5 Å². The van der Waals surface area contributed by atoms with Crippen molar-refractivity contribution in [2.24, 2.45) is 0 Å². The number of rotatable bonds is 14. The molecule has 0 aliphatic carbocycles. The van der Waals surface area contributed by atoms with Crippen LogP contribution in [0.5, 0.6) is 0 Å². The van der Waals surface area contributed by atoms with Gasteiger partial charge in [-0.05, 0) is 51.3 Å². The molecule has 202 valence electrons. The van der Waals surface area contributed by atoms with E-state index in [0.717, 1.165) is 19.3 Å². The number of nitrogens with one attached hydrogen (secondary N) is 1. The number of hydrogen-bond acceptors (Lipinski definition) is 7. The Kier molecular flexibility index (Phi) is 12.7. The predicted molar refractivity (Wildman–Crippen MR) is 144 cm³/mol. The summed E-state index contributed by atoms with van der Waals surface area (Å²) in [4.78, 5) is 38.5. The molecule has 0 radical (unpaired) electrons. The van der Waals surface area contributed by atoms with E-state index >= 15 is 0 Å². The number of carbonyl (C=O) groups is 3. The predicted octanol–water partition coefficient (Wildman–Crippen LogP) is 5.96. The van der Waals surface area contributed by atoms with E-state index in [-0.39, 0.29) is 13.2 Å². The molecule has 1 aromatic rings. The molecule has 0 fully saturated rings. The van der Waals surface area contributed by atoms with Gasteiger partial charge in [0.25, 0.3) is 0 Å². The van der Waals surface area contributed by atoms with Gasteiger partial charge in [-0.3, -0.25) is 0 Å². The molecular weight excluding hydrogens is 470 g/mol. The van der Waals surface area contributed by atoms with Crippen molar-refractivity contribution in [3.63, 3.8) is 0 Å². The number of unbranched alkanes of at least 4 members (excludes halogenated alkanes) is 5. The Bertz CT molecular complexity index is 996. The first-order valence-corrected chi connectivity index (χ1v) is 13.3. The summed E-state index contributed by atoms with van der Waals surface area (Å²) in [5, 5.41) is 3.14. The van der Waals surface area contributed by atoms with E-state index in [9.17, 15) is 14.4 Å². The fourth-order valence-electron chi connectivity index (χ4n) is 4.45. The molecular formula is C30H41NO6. The third-order valence-electron chi connectivity index (χ3n) is 6.20. The van der Waals surface area contributed by atoms with Crippen LogP contribution >= 0.6 is 0 Å². The minimum Gasteiger partial charge on any atom is -0.463 e. The SMILES string of the molecule is CCCCCCCCOC(=O)C=Cc1ccccc1C1C(C(=O)OCC)=C(C)NC(C)=C1C(=O)OCC. The van der Waals surface area contributed by atoms with Crippen LogP contribution in [0.3, 0.4) is 0 Å². The highest BCUT2D eigenvalue weighted by atomic mass is 16.5. The Morgan fingerprint density at radius 2 is 1.38 bits per heavy atom. The molecule has 1 aliphatic rings. The van der Waals surface area contributed by atoms with Crippen molar-refractivity contribution in [1.82, 2.24) is 5.32 Å². The zero-order chi connectivity index (χ0) is 27.2. The first kappa shape index (κ1) is 29.9. The van der Waals surface area contributed by atoms with Gasteiger partial charge in [0.15, 0.2) is 0 Å². The summed E-state index contributed by atoms with van der Waals surface area (Å²) in [7, 11) is 0. The topological polar surface area (TPSA) is 90.9 Å². The number of carbonyl (C=O) groups excluding carboxylic acids is 3. The summed E-state index contributed by atoms with van der Waals surface area (Å²) >= 11 is 0. The lowest BCUT2D eigenvalue weighted by Gasteiger charge is -2.31. The summed E-state index contributed by atoms with van der Waals surface area (Å²) in [5.41, 5.74) is 3.25. The number of allylic oxidation sites excluding steroid dienone is 2. The number of esters is 3. The largest absolute Gasteiger partial charge is 0.463 e. The fraction of sp³-hybridized carbons (Fsp3) is 0.500. The Labute approximate surface area is 220 Å². The van der Waals surface area contributed by atoms with Crippen molar-refractivity contribution < 1.29 is 28.6 Å². The molecule has 0 amide bonds. The van der Waals surface area contributed by atoms with Gasteiger partial charge in [-0.2, -0.15) is 0 Å². The highest BCUT2D eigenvalue weighted by molar-refractivity contribution is 6.00. The maximum Gasteiger partial charge on any atom is 0.336 e. The van der Waals surface area contributed by atoms with Gasteiger partial charge in [0.2, 0.25) is 0 Å². The summed E-state index contributed by atoms with van der Waals surface area (Å²) in [5.74, 6) is -2.17. The molecule has 0 atom stereocenters. The molecule has 0 unspecified atom stereocenters. The Balaban J connectivity index is 2.32. The third-order valence-corrected chi connectivity index (χ3v) is 6.20.